The molecular formula is C16H22N4. The van der Waals surface area contributed by atoms with Crippen LogP contribution in [-0.2, 0) is 0 Å². The lowest BCUT2D eigenvalue weighted by molar-refractivity contribution is 0.321. The minimum atomic E-state index is 0.407. The Hall–Kier alpha value is -1.94. The van der Waals surface area contributed by atoms with Crippen molar-refractivity contribution in [1.82, 2.24) is 14.9 Å². The molecule has 0 radical (unpaired) electrons. The van der Waals surface area contributed by atoms with Crippen LogP contribution in [0.2, 0.25) is 0 Å². The molecule has 4 heteroatoms. The lowest BCUT2D eigenvalue weighted by atomic mass is 10.0. The topological polar surface area (TPSA) is 41.1 Å². The predicted molar refractivity (Wildman–Crippen MR) is 83.9 cm³/mol. The van der Waals surface area contributed by atoms with Gasteiger partial charge in [-0.05, 0) is 39.6 Å². The number of hydrogen-bond acceptors (Lipinski definition) is 4. The van der Waals surface area contributed by atoms with Crippen LogP contribution in [0.5, 0.6) is 0 Å². The second kappa shape index (κ2) is 6.01. The Morgan fingerprint density at radius 3 is 2.30 bits per heavy atom. The molecule has 0 saturated carbocycles. The molecule has 1 aromatic carbocycles. The van der Waals surface area contributed by atoms with E-state index in [1.54, 1.807) is 0 Å². The van der Waals surface area contributed by atoms with Crippen molar-refractivity contribution in [2.24, 2.45) is 0 Å². The van der Waals surface area contributed by atoms with Crippen molar-refractivity contribution >= 4 is 5.95 Å². The Morgan fingerprint density at radius 2 is 1.75 bits per heavy atom. The molecule has 20 heavy (non-hydrogen) atoms. The third-order valence-electron chi connectivity index (χ3n) is 3.54. The summed E-state index contributed by atoms with van der Waals surface area (Å²) in [7, 11) is 6.01. The summed E-state index contributed by atoms with van der Waals surface area (Å²) in [5, 5.41) is 2.99. The van der Waals surface area contributed by atoms with Gasteiger partial charge in [-0.1, -0.05) is 24.3 Å². The normalized spacial score (nSPS) is 12.5. The van der Waals surface area contributed by atoms with Crippen molar-refractivity contribution in [2.45, 2.75) is 19.9 Å². The molecule has 4 nitrogen and oxygen atoms in total. The molecule has 0 aliphatic carbocycles. The molecule has 2 aromatic rings. The number of rotatable bonds is 4. The monoisotopic (exact) mass is 270 g/mol. The van der Waals surface area contributed by atoms with Crippen molar-refractivity contribution in [1.29, 1.82) is 0 Å². The zero-order valence-corrected chi connectivity index (χ0v) is 12.8. The summed E-state index contributed by atoms with van der Waals surface area (Å²) in [6.07, 6.45) is 0. The van der Waals surface area contributed by atoms with E-state index in [9.17, 15) is 0 Å². The second-order valence-corrected chi connectivity index (χ2v) is 5.23. The molecule has 106 valence electrons. The second-order valence-electron chi connectivity index (χ2n) is 5.23. The van der Waals surface area contributed by atoms with E-state index in [4.69, 9.17) is 0 Å². The fourth-order valence-corrected chi connectivity index (χ4v) is 2.06. The summed E-state index contributed by atoms with van der Waals surface area (Å²) >= 11 is 0. The van der Waals surface area contributed by atoms with E-state index in [0.717, 1.165) is 17.0 Å². The summed E-state index contributed by atoms with van der Waals surface area (Å²) in [6, 6.07) is 11.0. The van der Waals surface area contributed by atoms with Gasteiger partial charge in [0, 0.05) is 24.3 Å². The molecule has 0 bridgehead atoms. The SMILES string of the molecule is CNc1nc(C)cc(-c2ccc([C@H](C)N(C)C)cc2)n1. The van der Waals surface area contributed by atoms with Crippen molar-refractivity contribution in [2.75, 3.05) is 26.5 Å². The first-order valence-corrected chi connectivity index (χ1v) is 6.81. The zero-order valence-electron chi connectivity index (χ0n) is 12.8. The number of anilines is 1. The Kier molecular flexibility index (Phi) is 4.35. The quantitative estimate of drug-likeness (QED) is 0.926. The lowest BCUT2D eigenvalue weighted by Crippen LogP contribution is -2.16. The van der Waals surface area contributed by atoms with Crippen LogP contribution in [0.3, 0.4) is 0 Å². The molecular weight excluding hydrogens is 248 g/mol. The van der Waals surface area contributed by atoms with Gasteiger partial charge >= 0.3 is 0 Å². The molecule has 0 unspecified atom stereocenters. The largest absolute Gasteiger partial charge is 0.357 e. The minimum absolute atomic E-state index is 0.407. The minimum Gasteiger partial charge on any atom is -0.357 e. The van der Waals surface area contributed by atoms with E-state index >= 15 is 0 Å². The summed E-state index contributed by atoms with van der Waals surface area (Å²) in [6.45, 7) is 4.18. The average Bonchev–Trinajstić information content (AvgIpc) is 2.45. The van der Waals surface area contributed by atoms with Crippen molar-refractivity contribution < 1.29 is 0 Å². The molecule has 0 aliphatic heterocycles. The van der Waals surface area contributed by atoms with Crippen LogP contribution in [0, 0.1) is 6.92 Å². The lowest BCUT2D eigenvalue weighted by Gasteiger charge is -2.20. The van der Waals surface area contributed by atoms with Crippen LogP contribution in [0.15, 0.2) is 30.3 Å². The predicted octanol–water partition coefficient (Wildman–Crippen LogP) is 3.12. The van der Waals surface area contributed by atoms with E-state index in [1.807, 2.05) is 20.0 Å². The van der Waals surface area contributed by atoms with E-state index in [1.165, 1.54) is 5.56 Å². The Bertz CT molecular complexity index is 576. The Morgan fingerprint density at radius 1 is 1.10 bits per heavy atom. The highest BCUT2D eigenvalue weighted by molar-refractivity contribution is 5.61. The van der Waals surface area contributed by atoms with Gasteiger partial charge in [0.25, 0.3) is 0 Å². The van der Waals surface area contributed by atoms with Crippen LogP contribution < -0.4 is 5.32 Å². The molecule has 0 amide bonds. The zero-order chi connectivity index (χ0) is 14.7. The molecule has 0 saturated heterocycles. The molecule has 1 aromatic heterocycles. The molecule has 1 heterocycles. The molecule has 0 aliphatic rings. The van der Waals surface area contributed by atoms with E-state index in [-0.39, 0.29) is 0 Å². The summed E-state index contributed by atoms with van der Waals surface area (Å²) < 4.78 is 0. The first kappa shape index (κ1) is 14.5. The summed E-state index contributed by atoms with van der Waals surface area (Å²) in [5.74, 6) is 0.658. The molecule has 1 N–H and O–H groups in total. The molecule has 0 fully saturated rings. The molecule has 1 atom stereocenters. The standard InChI is InChI=1S/C16H22N4/c1-11-10-15(19-16(17-3)18-11)14-8-6-13(7-9-14)12(2)20(4)5/h6-10,12H,1-5H3,(H,17,18,19)/t12-/m0/s1. The van der Waals surface area contributed by atoms with Gasteiger partial charge in [0.05, 0.1) is 5.69 Å². The van der Waals surface area contributed by atoms with Gasteiger partial charge in [0.1, 0.15) is 0 Å². The highest BCUT2D eigenvalue weighted by atomic mass is 15.1. The van der Waals surface area contributed by atoms with Crippen molar-refractivity contribution in [3.8, 4) is 11.3 Å². The number of nitrogens with zero attached hydrogens (tertiary/aromatic N) is 3. The number of aryl methyl sites for hydroxylation is 1. The Labute approximate surface area is 120 Å². The van der Waals surface area contributed by atoms with Crippen LogP contribution in [0.25, 0.3) is 11.3 Å². The van der Waals surface area contributed by atoms with Gasteiger partial charge in [0.15, 0.2) is 0 Å². The van der Waals surface area contributed by atoms with Crippen LogP contribution in [0.1, 0.15) is 24.2 Å². The molecule has 2 rings (SSSR count). The van der Waals surface area contributed by atoms with E-state index in [0.29, 0.717) is 12.0 Å². The van der Waals surface area contributed by atoms with Gasteiger partial charge in [-0.2, -0.15) is 0 Å². The van der Waals surface area contributed by atoms with Crippen molar-refractivity contribution in [3.05, 3.63) is 41.6 Å². The maximum Gasteiger partial charge on any atom is 0.223 e. The van der Waals surface area contributed by atoms with Gasteiger partial charge in [0.2, 0.25) is 5.95 Å². The fraction of sp³-hybridized carbons (Fsp3) is 0.375. The van der Waals surface area contributed by atoms with Crippen LogP contribution in [0.4, 0.5) is 5.95 Å². The number of aromatic nitrogens is 2. The maximum atomic E-state index is 4.50. The smallest absolute Gasteiger partial charge is 0.223 e. The number of benzene rings is 1. The van der Waals surface area contributed by atoms with Crippen molar-refractivity contribution in [3.63, 3.8) is 0 Å². The third kappa shape index (κ3) is 3.14. The highest BCUT2D eigenvalue weighted by Gasteiger charge is 2.09. The van der Waals surface area contributed by atoms with Gasteiger partial charge < -0.3 is 10.2 Å². The van der Waals surface area contributed by atoms with Crippen LogP contribution in [-0.4, -0.2) is 36.0 Å². The highest BCUT2D eigenvalue weighted by Crippen LogP contribution is 2.23. The van der Waals surface area contributed by atoms with Crippen LogP contribution >= 0.6 is 0 Å². The first-order valence-electron chi connectivity index (χ1n) is 6.81. The summed E-state index contributed by atoms with van der Waals surface area (Å²) in [4.78, 5) is 11.0. The van der Waals surface area contributed by atoms with Gasteiger partial charge in [-0.3, -0.25) is 0 Å². The third-order valence-corrected chi connectivity index (χ3v) is 3.54. The van der Waals surface area contributed by atoms with Gasteiger partial charge in [-0.25, -0.2) is 9.97 Å². The first-order chi connectivity index (χ1) is 9.51. The van der Waals surface area contributed by atoms with Gasteiger partial charge in [-0.15, -0.1) is 0 Å². The van der Waals surface area contributed by atoms with E-state index < -0.39 is 0 Å². The number of hydrogen-bond donors (Lipinski definition) is 1. The molecule has 0 spiro atoms. The maximum absolute atomic E-state index is 4.50. The summed E-state index contributed by atoms with van der Waals surface area (Å²) in [5.41, 5.74) is 4.33. The fourth-order valence-electron chi connectivity index (χ4n) is 2.06. The van der Waals surface area contributed by atoms with E-state index in [2.05, 4.69) is 65.5 Å². The Balaban J connectivity index is 2.32. The average molecular weight is 270 g/mol. The number of nitrogens with one attached hydrogen (secondary N) is 1.